The Morgan fingerprint density at radius 1 is 1.75 bits per heavy atom. The van der Waals surface area contributed by atoms with Crippen molar-refractivity contribution in [2.75, 3.05) is 0 Å². The molecule has 0 saturated carbocycles. The van der Waals surface area contributed by atoms with Gasteiger partial charge in [-0.3, -0.25) is 0 Å². The molecule has 0 unspecified atom stereocenters. The summed E-state index contributed by atoms with van der Waals surface area (Å²) in [5.74, 6) is 0. The molecule has 0 saturated heterocycles. The molecular formula is C7H8N2O2S. The molecule has 12 heavy (non-hydrogen) atoms. The van der Waals surface area contributed by atoms with E-state index in [2.05, 4.69) is 5.10 Å². The van der Waals surface area contributed by atoms with Crippen molar-refractivity contribution in [3.63, 3.8) is 0 Å². The van der Waals surface area contributed by atoms with Gasteiger partial charge in [-0.25, -0.2) is 10.2 Å². The lowest BCUT2D eigenvalue weighted by atomic mass is 10.3. The van der Waals surface area contributed by atoms with E-state index in [1.807, 2.05) is 22.9 Å². The fourth-order valence-electron chi connectivity index (χ4n) is 0.671. The minimum Gasteiger partial charge on any atom is -0.464 e. The van der Waals surface area contributed by atoms with Crippen LogP contribution in [0.25, 0.3) is 0 Å². The molecule has 2 N–H and O–H groups in total. The monoisotopic (exact) mass is 184 g/mol. The normalized spacial score (nSPS) is 11.2. The minimum absolute atomic E-state index is 0.674. The Labute approximate surface area is 73.5 Å². The number of nitrogens with zero attached hydrogens (tertiary/aromatic N) is 1. The van der Waals surface area contributed by atoms with Crippen molar-refractivity contribution in [1.29, 1.82) is 0 Å². The Morgan fingerprint density at radius 2 is 2.50 bits per heavy atom. The van der Waals surface area contributed by atoms with Gasteiger partial charge >= 0.3 is 6.09 Å². The van der Waals surface area contributed by atoms with Gasteiger partial charge in [0, 0.05) is 4.88 Å². The van der Waals surface area contributed by atoms with Crippen LogP contribution in [0, 0.1) is 0 Å². The van der Waals surface area contributed by atoms with Gasteiger partial charge in [-0.2, -0.15) is 5.10 Å². The third-order valence-electron chi connectivity index (χ3n) is 1.20. The first-order chi connectivity index (χ1) is 5.70. The average molecular weight is 184 g/mol. The van der Waals surface area contributed by atoms with Crippen LogP contribution >= 0.6 is 11.3 Å². The summed E-state index contributed by atoms with van der Waals surface area (Å²) in [6, 6.07) is 3.77. The van der Waals surface area contributed by atoms with E-state index in [-0.39, 0.29) is 0 Å². The van der Waals surface area contributed by atoms with Gasteiger partial charge in [0.2, 0.25) is 0 Å². The second-order valence-electron chi connectivity index (χ2n) is 2.09. The Bertz CT molecular complexity index is 292. The number of thiophene rings is 1. The Hall–Kier alpha value is -1.36. The first-order valence-corrected chi connectivity index (χ1v) is 4.15. The van der Waals surface area contributed by atoms with E-state index in [9.17, 15) is 4.79 Å². The van der Waals surface area contributed by atoms with E-state index in [1.54, 1.807) is 6.92 Å². The van der Waals surface area contributed by atoms with Gasteiger partial charge in [0.25, 0.3) is 0 Å². The van der Waals surface area contributed by atoms with Crippen LogP contribution in [0.4, 0.5) is 4.79 Å². The zero-order chi connectivity index (χ0) is 8.97. The molecule has 0 aromatic carbocycles. The van der Waals surface area contributed by atoms with Crippen LogP contribution in [-0.4, -0.2) is 16.9 Å². The van der Waals surface area contributed by atoms with Crippen molar-refractivity contribution in [1.82, 2.24) is 5.43 Å². The summed E-state index contributed by atoms with van der Waals surface area (Å²) in [6.07, 6.45) is -1.15. The van der Waals surface area contributed by atoms with E-state index in [0.717, 1.165) is 4.88 Å². The lowest BCUT2D eigenvalue weighted by Gasteiger charge is -1.94. The third kappa shape index (κ3) is 2.35. The molecule has 0 atom stereocenters. The number of carboxylic acid groups (broad SMARTS) is 1. The standard InChI is InChI=1S/C7H8N2O2S/c1-5(8-9-7(10)11)6-3-2-4-12-6/h2-4,9H,1H3,(H,10,11)/b8-5-. The molecule has 1 heterocycles. The van der Waals surface area contributed by atoms with Crippen LogP contribution in [0.5, 0.6) is 0 Å². The maximum atomic E-state index is 10.1. The number of hydrazone groups is 1. The Kier molecular flexibility index (Phi) is 2.82. The number of rotatable bonds is 2. The lowest BCUT2D eigenvalue weighted by Crippen LogP contribution is -2.15. The molecule has 1 aromatic heterocycles. The predicted octanol–water partition coefficient (Wildman–Crippen LogP) is 1.74. The van der Waals surface area contributed by atoms with Crippen LogP contribution in [0.2, 0.25) is 0 Å². The van der Waals surface area contributed by atoms with Gasteiger partial charge in [0.15, 0.2) is 0 Å². The van der Waals surface area contributed by atoms with Crippen molar-refractivity contribution < 1.29 is 9.90 Å². The molecule has 0 spiro atoms. The van der Waals surface area contributed by atoms with Gasteiger partial charge in [-0.15, -0.1) is 11.3 Å². The lowest BCUT2D eigenvalue weighted by molar-refractivity contribution is 0.195. The molecule has 0 aliphatic carbocycles. The smallest absolute Gasteiger partial charge is 0.425 e. The van der Waals surface area contributed by atoms with Gasteiger partial charge in [-0.05, 0) is 18.4 Å². The summed E-state index contributed by atoms with van der Waals surface area (Å²) >= 11 is 1.52. The topological polar surface area (TPSA) is 61.7 Å². The molecule has 64 valence electrons. The largest absolute Gasteiger partial charge is 0.464 e. The van der Waals surface area contributed by atoms with Gasteiger partial charge in [-0.1, -0.05) is 6.07 Å². The summed E-state index contributed by atoms with van der Waals surface area (Å²) < 4.78 is 0. The summed E-state index contributed by atoms with van der Waals surface area (Å²) in [6.45, 7) is 1.75. The molecule has 5 heteroatoms. The third-order valence-corrected chi connectivity index (χ3v) is 2.18. The second-order valence-corrected chi connectivity index (χ2v) is 3.04. The van der Waals surface area contributed by atoms with Crippen LogP contribution < -0.4 is 5.43 Å². The molecule has 0 aliphatic rings. The van der Waals surface area contributed by atoms with Gasteiger partial charge < -0.3 is 5.11 Å². The second kappa shape index (κ2) is 3.87. The molecule has 0 bridgehead atoms. The summed E-state index contributed by atoms with van der Waals surface area (Å²) in [5, 5.41) is 13.8. The summed E-state index contributed by atoms with van der Waals surface area (Å²) in [7, 11) is 0. The van der Waals surface area contributed by atoms with E-state index in [4.69, 9.17) is 5.11 Å². The van der Waals surface area contributed by atoms with Crippen LogP contribution in [0.1, 0.15) is 11.8 Å². The number of amides is 1. The molecule has 1 aromatic rings. The fraction of sp³-hybridized carbons (Fsp3) is 0.143. The zero-order valence-electron chi connectivity index (χ0n) is 6.44. The molecule has 0 radical (unpaired) electrons. The summed E-state index contributed by atoms with van der Waals surface area (Å²) in [5.41, 5.74) is 2.62. The summed E-state index contributed by atoms with van der Waals surface area (Å²) in [4.78, 5) is 11.0. The first-order valence-electron chi connectivity index (χ1n) is 3.27. The Balaban J connectivity index is 2.65. The van der Waals surface area contributed by atoms with Crippen LogP contribution in [0.15, 0.2) is 22.6 Å². The van der Waals surface area contributed by atoms with Crippen LogP contribution in [0.3, 0.4) is 0 Å². The maximum Gasteiger partial charge on any atom is 0.425 e. The highest BCUT2D eigenvalue weighted by atomic mass is 32.1. The predicted molar refractivity (Wildman–Crippen MR) is 47.7 cm³/mol. The SMILES string of the molecule is C/C(=N/NC(=O)O)c1cccs1. The molecule has 1 rings (SSSR count). The van der Waals surface area contributed by atoms with Gasteiger partial charge in [0.05, 0.1) is 5.71 Å². The van der Waals surface area contributed by atoms with Crippen LogP contribution in [-0.2, 0) is 0 Å². The zero-order valence-corrected chi connectivity index (χ0v) is 7.26. The van der Waals surface area contributed by atoms with Crippen molar-refractivity contribution in [3.8, 4) is 0 Å². The quantitative estimate of drug-likeness (QED) is 0.543. The maximum absolute atomic E-state index is 10.1. The van der Waals surface area contributed by atoms with Crippen molar-refractivity contribution >= 4 is 23.1 Å². The highest BCUT2D eigenvalue weighted by molar-refractivity contribution is 7.12. The molecule has 0 aliphatic heterocycles. The van der Waals surface area contributed by atoms with E-state index in [1.165, 1.54) is 11.3 Å². The van der Waals surface area contributed by atoms with E-state index in [0.29, 0.717) is 5.71 Å². The van der Waals surface area contributed by atoms with Crippen molar-refractivity contribution in [2.24, 2.45) is 5.10 Å². The average Bonchev–Trinajstić information content (AvgIpc) is 2.51. The number of hydrogen-bond donors (Lipinski definition) is 2. The minimum atomic E-state index is -1.15. The molecule has 4 nitrogen and oxygen atoms in total. The molecule has 1 amide bonds. The highest BCUT2D eigenvalue weighted by Crippen LogP contribution is 2.08. The number of carbonyl (C=O) groups is 1. The van der Waals surface area contributed by atoms with Crippen molar-refractivity contribution in [3.05, 3.63) is 22.4 Å². The van der Waals surface area contributed by atoms with Gasteiger partial charge in [0.1, 0.15) is 0 Å². The number of hydrogen-bond acceptors (Lipinski definition) is 3. The number of nitrogens with one attached hydrogen (secondary N) is 1. The molecular weight excluding hydrogens is 176 g/mol. The van der Waals surface area contributed by atoms with Crippen molar-refractivity contribution in [2.45, 2.75) is 6.92 Å². The van der Waals surface area contributed by atoms with E-state index < -0.39 is 6.09 Å². The Morgan fingerprint density at radius 3 is 3.00 bits per heavy atom. The fourth-order valence-corrected chi connectivity index (χ4v) is 1.35. The first kappa shape index (κ1) is 8.73. The molecule has 0 fully saturated rings. The highest BCUT2D eigenvalue weighted by Gasteiger charge is 1.97. The van der Waals surface area contributed by atoms with E-state index >= 15 is 0 Å².